The summed E-state index contributed by atoms with van der Waals surface area (Å²) >= 11 is 2.21. The molecule has 0 aliphatic carbocycles. The van der Waals surface area contributed by atoms with Crippen molar-refractivity contribution >= 4 is 11.8 Å². The van der Waals surface area contributed by atoms with Crippen LogP contribution in [0, 0.1) is 5.92 Å². The number of rotatable bonds is 2. The van der Waals surface area contributed by atoms with E-state index in [1.807, 2.05) is 0 Å². The fourth-order valence-electron chi connectivity index (χ4n) is 2.91. The first-order valence-corrected chi connectivity index (χ1v) is 7.88. The summed E-state index contributed by atoms with van der Waals surface area (Å²) in [6, 6.07) is 0. The van der Waals surface area contributed by atoms with Crippen LogP contribution in [-0.4, -0.2) is 24.1 Å². The first-order valence-electron chi connectivity index (χ1n) is 6.83. The molecule has 0 spiro atoms. The third kappa shape index (κ3) is 4.14. The molecular weight excluding hydrogens is 214 g/mol. The lowest BCUT2D eigenvalue weighted by Gasteiger charge is -2.21. The zero-order chi connectivity index (χ0) is 11.2. The highest BCUT2D eigenvalue weighted by Crippen LogP contribution is 2.33. The van der Waals surface area contributed by atoms with Crippen LogP contribution in [0.3, 0.4) is 0 Å². The van der Waals surface area contributed by atoms with Crippen LogP contribution in [0.25, 0.3) is 0 Å². The van der Waals surface area contributed by atoms with Gasteiger partial charge in [0.25, 0.3) is 0 Å². The highest BCUT2D eigenvalue weighted by Gasteiger charge is 2.20. The van der Waals surface area contributed by atoms with Crippen LogP contribution < -0.4 is 5.32 Å². The molecule has 2 fully saturated rings. The molecule has 0 amide bonds. The first kappa shape index (κ1) is 12.5. The Bertz CT molecular complexity index is 219. The van der Waals surface area contributed by atoms with Gasteiger partial charge in [0.2, 0.25) is 0 Å². The summed E-state index contributed by atoms with van der Waals surface area (Å²) < 4.78 is 0. The Morgan fingerprint density at radius 1 is 1.25 bits per heavy atom. The van der Waals surface area contributed by atoms with E-state index >= 15 is 0 Å². The number of hydrogen-bond acceptors (Lipinski definition) is 2. The molecule has 1 N–H and O–H groups in total. The Kier molecular flexibility index (Phi) is 5.24. The minimum atomic E-state index is 0.873. The Labute approximate surface area is 104 Å². The number of hydrogen-bond donors (Lipinski definition) is 1. The minimum absolute atomic E-state index is 0.873. The van der Waals surface area contributed by atoms with E-state index in [1.54, 1.807) is 0 Å². The molecule has 2 aliphatic heterocycles. The van der Waals surface area contributed by atoms with E-state index in [4.69, 9.17) is 0 Å². The normalized spacial score (nSPS) is 33.1. The molecule has 2 heterocycles. The number of thioether (sulfide) groups is 1. The second-order valence-electron chi connectivity index (χ2n) is 5.33. The first-order chi connectivity index (χ1) is 7.84. The maximum Gasteiger partial charge on any atom is 0.00867 e. The summed E-state index contributed by atoms with van der Waals surface area (Å²) in [5.74, 6) is 2.33. The van der Waals surface area contributed by atoms with E-state index in [9.17, 15) is 0 Å². The molecule has 2 rings (SSSR count). The monoisotopic (exact) mass is 239 g/mol. The van der Waals surface area contributed by atoms with Crippen molar-refractivity contribution in [3.05, 3.63) is 12.2 Å². The van der Waals surface area contributed by atoms with Crippen molar-refractivity contribution in [1.29, 1.82) is 0 Å². The van der Waals surface area contributed by atoms with Crippen molar-refractivity contribution in [2.45, 2.75) is 50.2 Å². The molecule has 0 aromatic carbocycles. The van der Waals surface area contributed by atoms with E-state index in [1.165, 1.54) is 69.4 Å². The van der Waals surface area contributed by atoms with Gasteiger partial charge in [-0.25, -0.2) is 0 Å². The SMILES string of the molecule is C=C1CCCSC(C[C@@H]2CCCNCC2)C1. The molecule has 92 valence electrons. The summed E-state index contributed by atoms with van der Waals surface area (Å²) in [5.41, 5.74) is 1.50. The van der Waals surface area contributed by atoms with Crippen LogP contribution in [-0.2, 0) is 0 Å². The second-order valence-corrected chi connectivity index (χ2v) is 6.74. The average molecular weight is 239 g/mol. The molecule has 16 heavy (non-hydrogen) atoms. The predicted molar refractivity (Wildman–Crippen MR) is 74.1 cm³/mol. The molecule has 2 heteroatoms. The topological polar surface area (TPSA) is 12.0 Å². The molecule has 0 saturated carbocycles. The average Bonchev–Trinajstić information content (AvgIpc) is 2.61. The zero-order valence-electron chi connectivity index (χ0n) is 10.3. The Morgan fingerprint density at radius 2 is 2.19 bits per heavy atom. The van der Waals surface area contributed by atoms with Gasteiger partial charge in [-0.1, -0.05) is 12.2 Å². The van der Waals surface area contributed by atoms with Gasteiger partial charge in [-0.15, -0.1) is 0 Å². The van der Waals surface area contributed by atoms with Gasteiger partial charge in [-0.2, -0.15) is 11.8 Å². The Morgan fingerprint density at radius 3 is 3.12 bits per heavy atom. The third-order valence-corrected chi connectivity index (χ3v) is 5.19. The molecule has 0 aromatic heterocycles. The Hall–Kier alpha value is 0.0500. The van der Waals surface area contributed by atoms with Crippen LogP contribution in [0.1, 0.15) is 44.9 Å². The van der Waals surface area contributed by atoms with Crippen molar-refractivity contribution in [2.75, 3.05) is 18.8 Å². The number of nitrogens with one attached hydrogen (secondary N) is 1. The molecule has 0 radical (unpaired) electrons. The lowest BCUT2D eigenvalue weighted by molar-refractivity contribution is 0.431. The summed E-state index contributed by atoms with van der Waals surface area (Å²) in [4.78, 5) is 0. The van der Waals surface area contributed by atoms with Gasteiger partial charge in [0.15, 0.2) is 0 Å². The van der Waals surface area contributed by atoms with Gasteiger partial charge in [0.1, 0.15) is 0 Å². The third-order valence-electron chi connectivity index (χ3n) is 3.84. The van der Waals surface area contributed by atoms with E-state index < -0.39 is 0 Å². The number of allylic oxidation sites excluding steroid dienone is 1. The molecule has 2 atom stereocenters. The maximum absolute atomic E-state index is 4.21. The quantitative estimate of drug-likeness (QED) is 0.739. The standard InChI is InChI=1S/C14H25NS/c1-12-4-3-9-16-14(10-12)11-13-5-2-7-15-8-6-13/h13-15H,1-11H2/t13-,14?/m1/s1. The summed E-state index contributed by atoms with van der Waals surface area (Å²) in [7, 11) is 0. The van der Waals surface area contributed by atoms with Crippen LogP contribution in [0.5, 0.6) is 0 Å². The van der Waals surface area contributed by atoms with E-state index in [2.05, 4.69) is 23.7 Å². The van der Waals surface area contributed by atoms with Crippen molar-refractivity contribution in [2.24, 2.45) is 5.92 Å². The predicted octanol–water partition coefficient (Wildman–Crippen LogP) is 3.61. The van der Waals surface area contributed by atoms with Crippen LogP contribution >= 0.6 is 11.8 Å². The smallest absolute Gasteiger partial charge is 0.00867 e. The van der Waals surface area contributed by atoms with Crippen LogP contribution in [0.15, 0.2) is 12.2 Å². The van der Waals surface area contributed by atoms with Gasteiger partial charge in [0, 0.05) is 5.25 Å². The zero-order valence-corrected chi connectivity index (χ0v) is 11.2. The fourth-order valence-corrected chi connectivity index (χ4v) is 4.31. The fraction of sp³-hybridized carbons (Fsp3) is 0.857. The van der Waals surface area contributed by atoms with Gasteiger partial charge in [-0.05, 0) is 69.7 Å². The second kappa shape index (κ2) is 6.70. The Balaban J connectivity index is 1.79. The maximum atomic E-state index is 4.21. The van der Waals surface area contributed by atoms with Gasteiger partial charge in [-0.3, -0.25) is 0 Å². The van der Waals surface area contributed by atoms with Crippen molar-refractivity contribution < 1.29 is 0 Å². The molecule has 1 unspecified atom stereocenters. The van der Waals surface area contributed by atoms with Crippen LogP contribution in [0.2, 0.25) is 0 Å². The van der Waals surface area contributed by atoms with Crippen LogP contribution in [0.4, 0.5) is 0 Å². The van der Waals surface area contributed by atoms with Crippen molar-refractivity contribution in [3.8, 4) is 0 Å². The summed E-state index contributed by atoms with van der Waals surface area (Å²) in [6.45, 7) is 6.69. The molecule has 2 saturated heterocycles. The van der Waals surface area contributed by atoms with Crippen molar-refractivity contribution in [1.82, 2.24) is 5.32 Å². The van der Waals surface area contributed by atoms with Gasteiger partial charge < -0.3 is 5.32 Å². The van der Waals surface area contributed by atoms with Gasteiger partial charge in [0.05, 0.1) is 0 Å². The highest BCUT2D eigenvalue weighted by atomic mass is 32.2. The molecule has 2 aliphatic rings. The van der Waals surface area contributed by atoms with E-state index in [0.29, 0.717) is 0 Å². The minimum Gasteiger partial charge on any atom is -0.317 e. The van der Waals surface area contributed by atoms with Crippen molar-refractivity contribution in [3.63, 3.8) is 0 Å². The highest BCUT2D eigenvalue weighted by molar-refractivity contribution is 7.99. The van der Waals surface area contributed by atoms with E-state index in [0.717, 1.165) is 11.2 Å². The molecule has 0 bridgehead atoms. The molecule has 1 nitrogen and oxygen atoms in total. The summed E-state index contributed by atoms with van der Waals surface area (Å²) in [5, 5.41) is 4.38. The largest absolute Gasteiger partial charge is 0.317 e. The summed E-state index contributed by atoms with van der Waals surface area (Å²) in [6.07, 6.45) is 9.56. The molecule has 0 aromatic rings. The lowest BCUT2D eigenvalue weighted by atomic mass is 9.92. The van der Waals surface area contributed by atoms with Gasteiger partial charge >= 0.3 is 0 Å². The molecular formula is C14H25NS. The lowest BCUT2D eigenvalue weighted by Crippen LogP contribution is -2.15. The van der Waals surface area contributed by atoms with E-state index in [-0.39, 0.29) is 0 Å².